The molecule has 2 unspecified atom stereocenters. The van der Waals surface area contributed by atoms with Crippen molar-refractivity contribution in [2.24, 2.45) is 17.8 Å². The van der Waals surface area contributed by atoms with Crippen LogP contribution in [-0.4, -0.2) is 13.1 Å². The lowest BCUT2D eigenvalue weighted by Crippen LogP contribution is -2.28. The molecule has 0 heterocycles. The van der Waals surface area contributed by atoms with Gasteiger partial charge < -0.3 is 5.32 Å². The second-order valence-electron chi connectivity index (χ2n) is 6.65. The third-order valence-corrected chi connectivity index (χ3v) is 4.89. The van der Waals surface area contributed by atoms with Gasteiger partial charge in [-0.1, -0.05) is 45.4 Å². The van der Waals surface area contributed by atoms with Crippen molar-refractivity contribution < 1.29 is 0 Å². The summed E-state index contributed by atoms with van der Waals surface area (Å²) in [5.41, 5.74) is 0. The first-order valence-corrected chi connectivity index (χ1v) is 8.05. The number of nitrogens with one attached hydrogen (secondary N) is 1. The third-order valence-electron chi connectivity index (χ3n) is 4.89. The van der Waals surface area contributed by atoms with Crippen molar-refractivity contribution in [1.29, 1.82) is 0 Å². The van der Waals surface area contributed by atoms with E-state index in [1.807, 2.05) is 0 Å². The molecule has 0 amide bonds. The molecule has 2 fully saturated rings. The fourth-order valence-electron chi connectivity index (χ4n) is 3.75. The van der Waals surface area contributed by atoms with Gasteiger partial charge in [0, 0.05) is 0 Å². The molecule has 0 saturated heterocycles. The minimum atomic E-state index is 0.981. The Labute approximate surface area is 108 Å². The van der Waals surface area contributed by atoms with Crippen LogP contribution in [0.15, 0.2) is 0 Å². The summed E-state index contributed by atoms with van der Waals surface area (Å²) in [6.45, 7) is 5.00. The van der Waals surface area contributed by atoms with E-state index in [-0.39, 0.29) is 0 Å². The van der Waals surface area contributed by atoms with Gasteiger partial charge in [-0.3, -0.25) is 0 Å². The summed E-state index contributed by atoms with van der Waals surface area (Å²) >= 11 is 0. The molecule has 0 radical (unpaired) electrons. The predicted octanol–water partition coefficient (Wildman–Crippen LogP) is 4.37. The highest BCUT2D eigenvalue weighted by Crippen LogP contribution is 2.29. The SMILES string of the molecule is CC1CCC(CNCC2CCCCCCC2)C1. The van der Waals surface area contributed by atoms with Crippen LogP contribution in [0.5, 0.6) is 0 Å². The quantitative estimate of drug-likeness (QED) is 0.765. The van der Waals surface area contributed by atoms with E-state index in [9.17, 15) is 0 Å². The summed E-state index contributed by atoms with van der Waals surface area (Å²) < 4.78 is 0. The standard InChI is InChI=1S/C16H31N/c1-14-9-10-16(11-14)13-17-12-15-7-5-3-2-4-6-8-15/h14-17H,2-13H2,1H3. The van der Waals surface area contributed by atoms with E-state index in [1.54, 1.807) is 0 Å². The van der Waals surface area contributed by atoms with Crippen molar-refractivity contribution in [2.45, 2.75) is 71.1 Å². The molecule has 1 N–H and O–H groups in total. The fraction of sp³-hybridized carbons (Fsp3) is 1.00. The average molecular weight is 237 g/mol. The van der Waals surface area contributed by atoms with Gasteiger partial charge in [-0.2, -0.15) is 0 Å². The summed E-state index contributed by atoms with van der Waals surface area (Å²) in [6, 6.07) is 0. The topological polar surface area (TPSA) is 12.0 Å². The molecule has 0 aromatic carbocycles. The van der Waals surface area contributed by atoms with Crippen LogP contribution in [0, 0.1) is 17.8 Å². The molecule has 0 spiro atoms. The van der Waals surface area contributed by atoms with Crippen LogP contribution in [0.3, 0.4) is 0 Å². The molecule has 2 saturated carbocycles. The van der Waals surface area contributed by atoms with E-state index in [4.69, 9.17) is 0 Å². The molecular formula is C16H31N. The maximum Gasteiger partial charge on any atom is -0.00203 e. The van der Waals surface area contributed by atoms with Crippen LogP contribution in [0.1, 0.15) is 71.1 Å². The monoisotopic (exact) mass is 237 g/mol. The molecule has 1 nitrogen and oxygen atoms in total. The van der Waals surface area contributed by atoms with Gasteiger partial charge in [0.15, 0.2) is 0 Å². The third kappa shape index (κ3) is 4.99. The van der Waals surface area contributed by atoms with Crippen molar-refractivity contribution in [3.8, 4) is 0 Å². The van der Waals surface area contributed by atoms with E-state index >= 15 is 0 Å². The molecule has 2 rings (SSSR count). The zero-order chi connectivity index (χ0) is 11.9. The Balaban J connectivity index is 1.57. The van der Waals surface area contributed by atoms with Crippen LogP contribution >= 0.6 is 0 Å². The molecule has 0 aromatic rings. The van der Waals surface area contributed by atoms with Gasteiger partial charge in [-0.05, 0) is 56.5 Å². The van der Waals surface area contributed by atoms with E-state index in [0.29, 0.717) is 0 Å². The largest absolute Gasteiger partial charge is 0.316 e. The first-order chi connectivity index (χ1) is 8.34. The minimum Gasteiger partial charge on any atom is -0.316 e. The predicted molar refractivity (Wildman–Crippen MR) is 75.2 cm³/mol. The molecular weight excluding hydrogens is 206 g/mol. The Bertz CT molecular complexity index is 194. The molecule has 17 heavy (non-hydrogen) atoms. The Kier molecular flexibility index (Phi) is 5.84. The van der Waals surface area contributed by atoms with Crippen LogP contribution in [0.2, 0.25) is 0 Å². The van der Waals surface area contributed by atoms with Gasteiger partial charge >= 0.3 is 0 Å². The fourth-order valence-corrected chi connectivity index (χ4v) is 3.75. The zero-order valence-electron chi connectivity index (χ0n) is 11.7. The maximum atomic E-state index is 3.77. The first-order valence-electron chi connectivity index (χ1n) is 8.05. The second-order valence-corrected chi connectivity index (χ2v) is 6.65. The average Bonchev–Trinajstić information content (AvgIpc) is 2.67. The molecule has 100 valence electrons. The van der Waals surface area contributed by atoms with Gasteiger partial charge in [0.05, 0.1) is 0 Å². The normalized spacial score (nSPS) is 32.3. The van der Waals surface area contributed by atoms with Crippen LogP contribution in [0.4, 0.5) is 0 Å². The Morgan fingerprint density at radius 3 is 2.06 bits per heavy atom. The van der Waals surface area contributed by atoms with Crippen LogP contribution in [-0.2, 0) is 0 Å². The number of hydrogen-bond acceptors (Lipinski definition) is 1. The van der Waals surface area contributed by atoms with Crippen molar-refractivity contribution in [2.75, 3.05) is 13.1 Å². The lowest BCUT2D eigenvalue weighted by Gasteiger charge is -2.21. The first kappa shape index (κ1) is 13.4. The zero-order valence-corrected chi connectivity index (χ0v) is 11.7. The van der Waals surface area contributed by atoms with Crippen LogP contribution in [0.25, 0.3) is 0 Å². The van der Waals surface area contributed by atoms with Crippen molar-refractivity contribution in [3.05, 3.63) is 0 Å². The lowest BCUT2D eigenvalue weighted by molar-refractivity contribution is 0.348. The van der Waals surface area contributed by atoms with Gasteiger partial charge in [-0.25, -0.2) is 0 Å². The van der Waals surface area contributed by atoms with Crippen LogP contribution < -0.4 is 5.32 Å². The summed E-state index contributed by atoms with van der Waals surface area (Å²) in [5, 5.41) is 3.77. The lowest BCUT2D eigenvalue weighted by atomic mass is 9.91. The summed E-state index contributed by atoms with van der Waals surface area (Å²) in [6.07, 6.45) is 14.8. The smallest absolute Gasteiger partial charge is 0.00203 e. The Morgan fingerprint density at radius 1 is 0.765 bits per heavy atom. The number of rotatable bonds is 4. The highest BCUT2D eigenvalue weighted by Gasteiger charge is 2.21. The Hall–Kier alpha value is -0.0400. The Morgan fingerprint density at radius 2 is 1.41 bits per heavy atom. The molecule has 2 atom stereocenters. The van der Waals surface area contributed by atoms with E-state index in [1.165, 1.54) is 77.3 Å². The van der Waals surface area contributed by atoms with Gasteiger partial charge in [-0.15, -0.1) is 0 Å². The van der Waals surface area contributed by atoms with Gasteiger partial charge in [0.1, 0.15) is 0 Å². The summed E-state index contributed by atoms with van der Waals surface area (Å²) in [5.74, 6) is 2.95. The van der Waals surface area contributed by atoms with Crippen molar-refractivity contribution in [1.82, 2.24) is 5.32 Å². The van der Waals surface area contributed by atoms with Crippen molar-refractivity contribution >= 4 is 0 Å². The summed E-state index contributed by atoms with van der Waals surface area (Å²) in [7, 11) is 0. The molecule has 0 bridgehead atoms. The van der Waals surface area contributed by atoms with E-state index < -0.39 is 0 Å². The number of hydrogen-bond donors (Lipinski definition) is 1. The molecule has 1 heteroatoms. The molecule has 2 aliphatic carbocycles. The van der Waals surface area contributed by atoms with Gasteiger partial charge in [0.2, 0.25) is 0 Å². The van der Waals surface area contributed by atoms with Crippen molar-refractivity contribution in [3.63, 3.8) is 0 Å². The highest BCUT2D eigenvalue weighted by molar-refractivity contribution is 4.75. The van der Waals surface area contributed by atoms with Gasteiger partial charge in [0.25, 0.3) is 0 Å². The molecule has 0 aromatic heterocycles. The highest BCUT2D eigenvalue weighted by atomic mass is 14.9. The minimum absolute atomic E-state index is 0.981. The maximum absolute atomic E-state index is 3.77. The summed E-state index contributed by atoms with van der Waals surface area (Å²) in [4.78, 5) is 0. The second kappa shape index (κ2) is 7.41. The molecule has 2 aliphatic rings. The molecule has 0 aliphatic heterocycles. The van der Waals surface area contributed by atoms with E-state index in [2.05, 4.69) is 12.2 Å². The van der Waals surface area contributed by atoms with E-state index in [0.717, 1.165) is 17.8 Å².